The number of hydrogen-bond donors (Lipinski definition) is 6. The number of hydroxylamine groups is 2. The number of nitrogens with one attached hydrogen (secondary N) is 2. The van der Waals surface area contributed by atoms with Crippen molar-refractivity contribution in [2.75, 3.05) is 26.8 Å². The Balaban J connectivity index is 0.000000160. The Bertz CT molecular complexity index is 3590. The van der Waals surface area contributed by atoms with E-state index in [1.54, 1.807) is 22.8 Å². The zero-order chi connectivity index (χ0) is 62.6. The van der Waals surface area contributed by atoms with Crippen LogP contribution in [-0.4, -0.2) is 99.1 Å². The molecule has 88 heavy (non-hydrogen) atoms. The van der Waals surface area contributed by atoms with Crippen molar-refractivity contribution in [1.82, 2.24) is 20.8 Å². The van der Waals surface area contributed by atoms with Gasteiger partial charge in [0.25, 0.3) is 0 Å². The average molecular weight is 1200 g/mol. The van der Waals surface area contributed by atoms with Gasteiger partial charge in [-0.1, -0.05) is 104 Å². The van der Waals surface area contributed by atoms with Gasteiger partial charge in [-0.05, 0) is 154 Å². The molecule has 4 fully saturated rings. The van der Waals surface area contributed by atoms with E-state index in [2.05, 4.69) is 11.9 Å². The Morgan fingerprint density at radius 1 is 0.591 bits per heavy atom. The van der Waals surface area contributed by atoms with Crippen molar-refractivity contribution in [2.45, 2.75) is 91.5 Å². The predicted octanol–water partition coefficient (Wildman–Crippen LogP) is 9.50. The summed E-state index contributed by atoms with van der Waals surface area (Å²) in [6.07, 6.45) is 3.15. The first kappa shape index (κ1) is 63.3. The summed E-state index contributed by atoms with van der Waals surface area (Å²) in [7, 11) is 1.29. The first-order chi connectivity index (χ1) is 42.5. The number of fused-ring (bicyclic) bond motifs is 1. The lowest BCUT2D eigenvalue weighted by Crippen LogP contribution is -2.40. The topological polar surface area (TPSA) is 270 Å². The molecular formula is C69H74N4O15. The maximum absolute atomic E-state index is 13.3. The van der Waals surface area contributed by atoms with Crippen molar-refractivity contribution in [3.05, 3.63) is 197 Å². The van der Waals surface area contributed by atoms with Gasteiger partial charge in [-0.2, -0.15) is 0 Å². The number of β-amino-alcohol motifs (C(OH)–C–C–N with tert-alkyl or cyclic N) is 1. The first-order valence-corrected chi connectivity index (χ1v) is 29.5. The van der Waals surface area contributed by atoms with Crippen molar-refractivity contribution in [1.29, 1.82) is 0 Å². The number of methoxy groups -OCH3 is 1. The van der Waals surface area contributed by atoms with E-state index in [9.17, 15) is 39.0 Å². The second kappa shape index (κ2) is 28.1. The normalized spacial score (nSPS) is 21.8. The van der Waals surface area contributed by atoms with E-state index in [0.717, 1.165) is 62.3 Å². The number of likely N-dealkylation sites (tertiary alicyclic amines) is 1. The molecule has 0 radical (unpaired) electrons. The fourth-order valence-electron chi connectivity index (χ4n) is 11.8. The molecule has 4 aliphatic rings. The summed E-state index contributed by atoms with van der Waals surface area (Å²) < 4.78 is 27.6. The first-order valence-electron chi connectivity index (χ1n) is 29.5. The number of pyridine rings is 1. The van der Waals surface area contributed by atoms with E-state index >= 15 is 0 Å². The summed E-state index contributed by atoms with van der Waals surface area (Å²) in [5, 5.41) is 38.1. The molecule has 7 aromatic rings. The summed E-state index contributed by atoms with van der Waals surface area (Å²) >= 11 is 0. The number of aromatic nitrogens is 1. The fourth-order valence-corrected chi connectivity index (χ4v) is 11.8. The van der Waals surface area contributed by atoms with Crippen molar-refractivity contribution < 1.29 is 73.1 Å². The number of esters is 2. The van der Waals surface area contributed by atoms with Gasteiger partial charge in [0.1, 0.15) is 36.2 Å². The molecule has 19 heteroatoms. The number of carboxylic acid groups (broad SMARTS) is 1. The van der Waals surface area contributed by atoms with Gasteiger partial charge in [0.2, 0.25) is 17.7 Å². The Morgan fingerprint density at radius 3 is 1.59 bits per heavy atom. The van der Waals surface area contributed by atoms with Gasteiger partial charge in [0, 0.05) is 29.7 Å². The van der Waals surface area contributed by atoms with Crippen molar-refractivity contribution in [3.8, 4) is 23.0 Å². The highest BCUT2D eigenvalue weighted by atomic mass is 16.5. The number of aliphatic carboxylic acids is 1. The van der Waals surface area contributed by atoms with Crippen LogP contribution in [0.25, 0.3) is 10.9 Å². The number of carboxylic acids is 1. The van der Waals surface area contributed by atoms with Crippen LogP contribution in [0.3, 0.4) is 0 Å². The highest BCUT2D eigenvalue weighted by molar-refractivity contribution is 5.96. The molecule has 1 saturated heterocycles. The number of ether oxygens (including phenoxy) is 5. The third-order valence-electron chi connectivity index (χ3n) is 17.0. The second-order valence-electron chi connectivity index (χ2n) is 23.0. The van der Waals surface area contributed by atoms with Crippen LogP contribution in [0.1, 0.15) is 78.6 Å². The van der Waals surface area contributed by atoms with E-state index in [-0.39, 0.29) is 19.1 Å². The molecule has 0 spiro atoms. The minimum absolute atomic E-state index is 0.136. The molecule has 1 aliphatic heterocycles. The van der Waals surface area contributed by atoms with Crippen LogP contribution in [0, 0.1) is 40.9 Å². The zero-order valence-corrected chi connectivity index (χ0v) is 49.7. The predicted molar refractivity (Wildman–Crippen MR) is 323 cm³/mol. The van der Waals surface area contributed by atoms with Gasteiger partial charge in [0.05, 0.1) is 59.3 Å². The summed E-state index contributed by atoms with van der Waals surface area (Å²) in [6.45, 7) is 7.69. The summed E-state index contributed by atoms with van der Waals surface area (Å²) in [4.78, 5) is 79.1. The van der Waals surface area contributed by atoms with Crippen molar-refractivity contribution >= 4 is 46.5 Å². The number of nitrogens with zero attached hydrogens (tertiary/aromatic N) is 2. The Morgan fingerprint density at radius 2 is 1.08 bits per heavy atom. The maximum Gasteiger partial charge on any atom is 0.313 e. The molecule has 3 amide bonds. The zero-order valence-electron chi connectivity index (χ0n) is 49.7. The SMILES string of the molecule is CCOC(=O)[C@@]1(Cc2ccc(Oc3ccc(CC)cc3)cc2)C[C@@H]1C(=O)NO.COC(=O)[C@@]1(Cc2ccc(OCc3ccccc3)cc2)C[C@@H]1C(=O)O.Cc1cc(COc2ccc(C[C@]3(C(=O)N4CC[C@@H](O)C4)C[C@@H]3C(=O)NO)cc2)c2ccccc2n1. The molecule has 3 aliphatic carbocycles. The lowest BCUT2D eigenvalue weighted by atomic mass is 9.92. The van der Waals surface area contributed by atoms with Crippen molar-refractivity contribution in [2.24, 2.45) is 34.0 Å². The Hall–Kier alpha value is -9.17. The van der Waals surface area contributed by atoms with E-state index in [1.165, 1.54) is 12.7 Å². The van der Waals surface area contributed by atoms with Gasteiger partial charge in [-0.25, -0.2) is 11.0 Å². The summed E-state index contributed by atoms with van der Waals surface area (Å²) in [5.41, 5.74) is 8.55. The van der Waals surface area contributed by atoms with Crippen LogP contribution < -0.4 is 25.2 Å². The number of benzene rings is 6. The Labute approximate surface area is 510 Å². The third-order valence-corrected chi connectivity index (χ3v) is 17.0. The fraction of sp³-hybridized carbons (Fsp3) is 0.348. The number of rotatable bonds is 22. The number of carbonyl (C=O) groups is 6. The molecule has 0 bridgehead atoms. The van der Waals surface area contributed by atoms with Gasteiger partial charge < -0.3 is 38.8 Å². The molecule has 3 saturated carbocycles. The number of hydrogen-bond acceptors (Lipinski definition) is 15. The smallest absolute Gasteiger partial charge is 0.313 e. The van der Waals surface area contributed by atoms with Crippen LogP contribution in [0.5, 0.6) is 23.0 Å². The highest BCUT2D eigenvalue weighted by Gasteiger charge is 2.66. The lowest BCUT2D eigenvalue weighted by molar-refractivity contribution is -0.152. The molecule has 6 aromatic carbocycles. The van der Waals surface area contributed by atoms with Crippen LogP contribution in [0.2, 0.25) is 0 Å². The van der Waals surface area contributed by atoms with Crippen molar-refractivity contribution in [3.63, 3.8) is 0 Å². The lowest BCUT2D eigenvalue weighted by Gasteiger charge is -2.24. The third kappa shape index (κ3) is 15.0. The van der Waals surface area contributed by atoms with E-state index < -0.39 is 69.8 Å². The number of amides is 3. The minimum Gasteiger partial charge on any atom is -0.489 e. The number of para-hydroxylation sites is 1. The minimum atomic E-state index is -0.951. The van der Waals surface area contributed by atoms with Gasteiger partial charge in [-0.3, -0.25) is 44.2 Å². The molecule has 460 valence electrons. The van der Waals surface area contributed by atoms with Gasteiger partial charge in [-0.15, -0.1) is 0 Å². The summed E-state index contributed by atoms with van der Waals surface area (Å²) in [6, 6.07) is 50.2. The molecular weight excluding hydrogens is 1120 g/mol. The van der Waals surface area contributed by atoms with Crippen LogP contribution in [0.15, 0.2) is 158 Å². The molecule has 7 atom stereocenters. The summed E-state index contributed by atoms with van der Waals surface area (Å²) in [5.74, 6) is -1.99. The number of carbonyl (C=O) groups excluding carboxylic acids is 5. The van der Waals surface area contributed by atoms with Gasteiger partial charge in [0.15, 0.2) is 0 Å². The van der Waals surface area contributed by atoms with E-state index in [0.29, 0.717) is 76.2 Å². The largest absolute Gasteiger partial charge is 0.489 e. The quantitative estimate of drug-likeness (QED) is 0.0209. The number of aliphatic hydroxyl groups excluding tert-OH is 1. The molecule has 1 aromatic heterocycles. The molecule has 2 heterocycles. The van der Waals surface area contributed by atoms with E-state index in [4.69, 9.17) is 34.1 Å². The molecule has 0 unspecified atom stereocenters. The number of aliphatic hydroxyl groups is 1. The molecule has 19 nitrogen and oxygen atoms in total. The monoisotopic (exact) mass is 1200 g/mol. The van der Waals surface area contributed by atoms with E-state index in [1.807, 2.05) is 165 Å². The van der Waals surface area contributed by atoms with Crippen LogP contribution >= 0.6 is 0 Å². The van der Waals surface area contributed by atoms with Crippen LogP contribution in [0.4, 0.5) is 0 Å². The number of aryl methyl sites for hydroxylation is 2. The highest BCUT2D eigenvalue weighted by Crippen LogP contribution is 2.58. The van der Waals surface area contributed by atoms with Gasteiger partial charge >= 0.3 is 17.9 Å². The second-order valence-corrected chi connectivity index (χ2v) is 23.0. The Kier molecular flexibility index (Phi) is 20.2. The average Bonchev–Trinajstić information content (AvgIpc) is 1.63. The van der Waals surface area contributed by atoms with Crippen LogP contribution in [-0.2, 0) is 77.1 Å². The molecule has 11 rings (SSSR count). The molecule has 6 N–H and O–H groups in total. The maximum atomic E-state index is 13.3. The standard InChI is InChI=1S/C27H29N3O5.C22H25NO5.C20H20O5/c1-17-12-19(22-4-2-3-5-24(22)28-17)16-35-21-8-6-18(7-9-21)13-27(14-23(27)25(32)29-34)26(33)30-11-10-20(31)15-30;1-3-15-5-9-17(10-6-15)28-18-11-7-16(8-12-18)13-22(21(25)27-4-2)14-19(22)20(24)23-26;1-24-19(23)20(12-17(20)18(21)22)11-14-7-9-16(10-8-14)25-13-15-5-3-2-4-6-15/h2-9,12,20,23,31,34H,10-11,13-16H2,1H3,(H,29,32);5-12,19,26H,3-4,13-14H2,1-2H3,(H,23,24);2-10,17H,11-13H2,1H3,(H,21,22)/t20-,23-,27+;19-,22+;17-,20+/m111/s1.